The summed E-state index contributed by atoms with van der Waals surface area (Å²) in [5.41, 5.74) is 6.39. The summed E-state index contributed by atoms with van der Waals surface area (Å²) >= 11 is 0. The molecule has 3 N–H and O–H groups in total. The number of carbonyl (C=O) groups is 1. The summed E-state index contributed by atoms with van der Waals surface area (Å²) in [5, 5.41) is 8.77. The molecule has 1 saturated heterocycles. The highest BCUT2D eigenvalue weighted by Crippen LogP contribution is 2.22. The topological polar surface area (TPSA) is 69.8 Å². The van der Waals surface area contributed by atoms with Gasteiger partial charge in [-0.05, 0) is 18.2 Å². The molecule has 1 aliphatic rings. The Kier molecular flexibility index (Phi) is 3.66. The largest absolute Gasteiger partial charge is 0.399 e. The van der Waals surface area contributed by atoms with Gasteiger partial charge in [-0.25, -0.2) is 4.39 Å². The van der Waals surface area contributed by atoms with Gasteiger partial charge in [0.15, 0.2) is 0 Å². The summed E-state index contributed by atoms with van der Waals surface area (Å²) in [6, 6.07) is 4.60. The van der Waals surface area contributed by atoms with Gasteiger partial charge in [0.25, 0.3) is 0 Å². The average molecular weight is 253 g/mol. The number of amides is 1. The predicted molar refractivity (Wildman–Crippen MR) is 66.7 cm³/mol. The quantitative estimate of drug-likeness (QED) is 0.731. The number of halogens is 1. The van der Waals surface area contributed by atoms with Crippen LogP contribution in [0, 0.1) is 5.82 Å². The van der Waals surface area contributed by atoms with Crippen molar-refractivity contribution in [3.05, 3.63) is 24.0 Å². The van der Waals surface area contributed by atoms with Gasteiger partial charge in [0.1, 0.15) is 12.4 Å². The van der Waals surface area contributed by atoms with E-state index < -0.39 is 6.61 Å². The van der Waals surface area contributed by atoms with E-state index in [1.807, 2.05) is 4.90 Å². The van der Waals surface area contributed by atoms with Gasteiger partial charge >= 0.3 is 0 Å². The van der Waals surface area contributed by atoms with Crippen molar-refractivity contribution in [1.82, 2.24) is 4.90 Å². The van der Waals surface area contributed by atoms with Crippen molar-refractivity contribution in [2.45, 2.75) is 0 Å². The lowest BCUT2D eigenvalue weighted by molar-refractivity contribution is -0.134. The molecule has 0 aliphatic carbocycles. The van der Waals surface area contributed by atoms with Crippen LogP contribution in [0.5, 0.6) is 0 Å². The lowest BCUT2D eigenvalue weighted by Gasteiger charge is -2.36. The molecule has 2 rings (SSSR count). The number of hydrogen-bond donors (Lipinski definition) is 2. The molecular formula is C12H16FN3O2. The maximum absolute atomic E-state index is 13.7. The summed E-state index contributed by atoms with van der Waals surface area (Å²) < 4.78 is 13.7. The van der Waals surface area contributed by atoms with Crippen molar-refractivity contribution in [3.8, 4) is 0 Å². The molecule has 0 aromatic heterocycles. The fourth-order valence-corrected chi connectivity index (χ4v) is 2.08. The molecule has 18 heavy (non-hydrogen) atoms. The van der Waals surface area contributed by atoms with Gasteiger partial charge in [0, 0.05) is 31.9 Å². The Morgan fingerprint density at radius 3 is 2.56 bits per heavy atom. The van der Waals surface area contributed by atoms with Crippen LogP contribution in [0.15, 0.2) is 18.2 Å². The first-order valence-electron chi connectivity index (χ1n) is 5.80. The minimum atomic E-state index is -0.476. The zero-order valence-electron chi connectivity index (χ0n) is 9.97. The van der Waals surface area contributed by atoms with Gasteiger partial charge in [0.05, 0.1) is 5.69 Å². The van der Waals surface area contributed by atoms with Crippen molar-refractivity contribution in [2.75, 3.05) is 43.4 Å². The van der Waals surface area contributed by atoms with Crippen molar-refractivity contribution in [2.24, 2.45) is 0 Å². The van der Waals surface area contributed by atoms with Crippen LogP contribution in [0.3, 0.4) is 0 Å². The summed E-state index contributed by atoms with van der Waals surface area (Å²) in [5.74, 6) is -0.635. The number of nitrogens with two attached hydrogens (primary N) is 1. The third-order valence-corrected chi connectivity index (χ3v) is 3.08. The van der Waals surface area contributed by atoms with Crippen LogP contribution in [-0.4, -0.2) is 48.7 Å². The lowest BCUT2D eigenvalue weighted by atomic mass is 10.2. The molecule has 1 aromatic carbocycles. The summed E-state index contributed by atoms with van der Waals surface area (Å²) in [4.78, 5) is 14.7. The van der Waals surface area contributed by atoms with E-state index in [2.05, 4.69) is 0 Å². The molecule has 0 spiro atoms. The number of nitrogen functional groups attached to an aromatic ring is 1. The minimum Gasteiger partial charge on any atom is -0.399 e. The van der Waals surface area contributed by atoms with E-state index >= 15 is 0 Å². The SMILES string of the molecule is Nc1ccc(N2CCN(C(=O)CO)CC2)c(F)c1. The van der Waals surface area contributed by atoms with Crippen LogP contribution in [-0.2, 0) is 4.79 Å². The normalized spacial score (nSPS) is 15.9. The number of nitrogens with zero attached hydrogens (tertiary/aromatic N) is 2. The van der Waals surface area contributed by atoms with Crippen LogP contribution in [0.25, 0.3) is 0 Å². The van der Waals surface area contributed by atoms with E-state index in [-0.39, 0.29) is 11.7 Å². The monoisotopic (exact) mass is 253 g/mol. The van der Waals surface area contributed by atoms with Crippen molar-refractivity contribution < 1.29 is 14.3 Å². The van der Waals surface area contributed by atoms with Crippen LogP contribution in [0.2, 0.25) is 0 Å². The molecule has 0 radical (unpaired) electrons. The van der Waals surface area contributed by atoms with E-state index in [4.69, 9.17) is 10.8 Å². The Bertz CT molecular complexity index is 445. The summed E-state index contributed by atoms with van der Waals surface area (Å²) in [6.45, 7) is 1.60. The van der Waals surface area contributed by atoms with Gasteiger partial charge < -0.3 is 20.6 Å². The molecule has 5 nitrogen and oxygen atoms in total. The van der Waals surface area contributed by atoms with Crippen molar-refractivity contribution >= 4 is 17.3 Å². The zero-order chi connectivity index (χ0) is 13.1. The summed E-state index contributed by atoms with van der Waals surface area (Å²) in [6.07, 6.45) is 0. The Balaban J connectivity index is 2.03. The molecule has 1 fully saturated rings. The standard InChI is InChI=1S/C12H16FN3O2/c13-10-7-9(14)1-2-11(10)15-3-5-16(6-4-15)12(18)8-17/h1-2,7,17H,3-6,8,14H2. The number of hydrogen-bond acceptors (Lipinski definition) is 4. The molecule has 98 valence electrons. The van der Waals surface area contributed by atoms with E-state index in [0.717, 1.165) is 0 Å². The van der Waals surface area contributed by atoms with Crippen LogP contribution in [0.4, 0.5) is 15.8 Å². The maximum atomic E-state index is 13.7. The summed E-state index contributed by atoms with van der Waals surface area (Å²) in [7, 11) is 0. The minimum absolute atomic E-state index is 0.285. The predicted octanol–water partition coefficient (Wildman–Crippen LogP) is 0.0488. The van der Waals surface area contributed by atoms with Crippen LogP contribution < -0.4 is 10.6 Å². The number of rotatable bonds is 2. The molecule has 1 heterocycles. The molecule has 6 heteroatoms. The van der Waals surface area contributed by atoms with Gasteiger partial charge in [-0.15, -0.1) is 0 Å². The fraction of sp³-hybridized carbons (Fsp3) is 0.417. The van der Waals surface area contributed by atoms with Crippen LogP contribution >= 0.6 is 0 Å². The van der Waals surface area contributed by atoms with E-state index in [1.54, 1.807) is 17.0 Å². The second kappa shape index (κ2) is 5.22. The Morgan fingerprint density at radius 2 is 2.00 bits per heavy atom. The third-order valence-electron chi connectivity index (χ3n) is 3.08. The molecule has 1 amide bonds. The Labute approximate surface area is 105 Å². The van der Waals surface area contributed by atoms with E-state index in [9.17, 15) is 9.18 Å². The number of carbonyl (C=O) groups excluding carboxylic acids is 1. The highest BCUT2D eigenvalue weighted by Gasteiger charge is 2.22. The van der Waals surface area contributed by atoms with E-state index in [0.29, 0.717) is 37.6 Å². The Hall–Kier alpha value is -1.82. The average Bonchev–Trinajstić information content (AvgIpc) is 2.38. The van der Waals surface area contributed by atoms with Gasteiger partial charge in [-0.2, -0.15) is 0 Å². The molecular weight excluding hydrogens is 237 g/mol. The molecule has 0 saturated carbocycles. The highest BCUT2D eigenvalue weighted by atomic mass is 19.1. The molecule has 0 bridgehead atoms. The number of anilines is 2. The Morgan fingerprint density at radius 1 is 1.33 bits per heavy atom. The van der Waals surface area contributed by atoms with Gasteiger partial charge in [-0.1, -0.05) is 0 Å². The highest BCUT2D eigenvalue weighted by molar-refractivity contribution is 5.77. The van der Waals surface area contributed by atoms with Crippen LogP contribution in [0.1, 0.15) is 0 Å². The lowest BCUT2D eigenvalue weighted by Crippen LogP contribution is -2.49. The number of benzene rings is 1. The first-order chi connectivity index (χ1) is 8.61. The second-order valence-corrected chi connectivity index (χ2v) is 4.24. The van der Waals surface area contributed by atoms with Crippen molar-refractivity contribution in [1.29, 1.82) is 0 Å². The number of piperazine rings is 1. The zero-order valence-corrected chi connectivity index (χ0v) is 9.97. The second-order valence-electron chi connectivity index (χ2n) is 4.24. The smallest absolute Gasteiger partial charge is 0.248 e. The third kappa shape index (κ3) is 2.53. The first kappa shape index (κ1) is 12.6. The first-order valence-corrected chi connectivity index (χ1v) is 5.80. The van der Waals surface area contributed by atoms with E-state index in [1.165, 1.54) is 6.07 Å². The molecule has 1 aromatic rings. The van der Waals surface area contributed by atoms with Crippen molar-refractivity contribution in [3.63, 3.8) is 0 Å². The fourth-order valence-electron chi connectivity index (χ4n) is 2.08. The molecule has 0 atom stereocenters. The van der Waals surface area contributed by atoms with Gasteiger partial charge in [0.2, 0.25) is 5.91 Å². The molecule has 0 unspecified atom stereocenters. The molecule has 1 aliphatic heterocycles. The number of aliphatic hydroxyl groups excluding tert-OH is 1. The number of aliphatic hydroxyl groups is 1. The van der Waals surface area contributed by atoms with Gasteiger partial charge in [-0.3, -0.25) is 4.79 Å². The maximum Gasteiger partial charge on any atom is 0.248 e.